The summed E-state index contributed by atoms with van der Waals surface area (Å²) in [4.78, 5) is 12.2. The predicted molar refractivity (Wildman–Crippen MR) is 21.4 cm³/mol. The minimum absolute atomic E-state index is 0.326. The van der Waals surface area contributed by atoms with Crippen LogP contribution in [0.3, 0.4) is 0 Å². The van der Waals surface area contributed by atoms with E-state index in [4.69, 9.17) is 0 Å². The van der Waals surface area contributed by atoms with Crippen LogP contribution in [0.4, 0.5) is 0 Å². The van der Waals surface area contributed by atoms with Crippen molar-refractivity contribution in [2.75, 3.05) is 0 Å². The van der Waals surface area contributed by atoms with Crippen LogP contribution in [0.15, 0.2) is 4.99 Å². The SMILES string of the molecule is [B]OC=NC=O. The smallest absolute Gasteiger partial charge is 0.375 e. The third-order valence-corrected chi connectivity index (χ3v) is 0.183. The third-order valence-electron chi connectivity index (χ3n) is 0.183. The van der Waals surface area contributed by atoms with Gasteiger partial charge in [-0.05, 0) is 0 Å². The number of carbonyl (C=O) groups excluding carboxylic acids is 1. The number of hydrogen-bond donors (Lipinski definition) is 0. The second-order valence-corrected chi connectivity index (χ2v) is 0.496. The van der Waals surface area contributed by atoms with Crippen molar-refractivity contribution >= 4 is 20.9 Å². The van der Waals surface area contributed by atoms with E-state index in [9.17, 15) is 4.79 Å². The first kappa shape index (κ1) is 5.20. The summed E-state index contributed by atoms with van der Waals surface area (Å²) in [6, 6.07) is 0. The molecule has 30 valence electrons. The van der Waals surface area contributed by atoms with Gasteiger partial charge in [0, 0.05) is 0 Å². The lowest BCUT2D eigenvalue weighted by Gasteiger charge is -1.75. The molecule has 2 radical (unpaired) electrons. The Balaban J connectivity index is 2.94. The molecule has 0 spiro atoms. The minimum Gasteiger partial charge on any atom is -0.560 e. The maximum atomic E-state index is 9.23. The Hall–Kier alpha value is -0.795. The number of nitrogens with zero attached hydrogens (tertiary/aromatic N) is 1. The number of carbonyl (C=O) groups is 1. The summed E-state index contributed by atoms with van der Waals surface area (Å²) < 4.78 is 3.76. The molecule has 0 aliphatic rings. The van der Waals surface area contributed by atoms with Gasteiger partial charge in [-0.1, -0.05) is 0 Å². The Bertz CT molecular complexity index is 62.6. The first-order valence-electron chi connectivity index (χ1n) is 1.22. The van der Waals surface area contributed by atoms with Crippen LogP contribution in [0.25, 0.3) is 0 Å². The van der Waals surface area contributed by atoms with Gasteiger partial charge in [0.2, 0.25) is 6.41 Å². The molecule has 0 saturated heterocycles. The Morgan fingerprint density at radius 3 is 2.67 bits per heavy atom. The van der Waals surface area contributed by atoms with Crippen LogP contribution in [0, 0.1) is 0 Å². The molecule has 0 aliphatic heterocycles. The fourth-order valence-electron chi connectivity index (χ4n) is 0.0600. The molecule has 0 aromatic heterocycles. The second kappa shape index (κ2) is 4.20. The monoisotopic (exact) mass is 83.0 g/mol. The molecule has 0 aliphatic carbocycles. The zero-order valence-corrected chi connectivity index (χ0v) is 3.00. The Morgan fingerprint density at radius 1 is 1.83 bits per heavy atom. The highest BCUT2D eigenvalue weighted by molar-refractivity contribution is 6.02. The maximum Gasteiger partial charge on any atom is 0.375 e. The molecule has 0 heterocycles. The van der Waals surface area contributed by atoms with Gasteiger partial charge in [0.25, 0.3) is 0 Å². The summed E-state index contributed by atoms with van der Waals surface area (Å²) in [7, 11) is 4.41. The van der Waals surface area contributed by atoms with Gasteiger partial charge >= 0.3 is 8.05 Å². The molecule has 0 saturated carbocycles. The molecule has 0 fully saturated rings. The predicted octanol–water partition coefficient (Wildman–Crippen LogP) is -0.729. The van der Waals surface area contributed by atoms with E-state index in [0.717, 1.165) is 6.40 Å². The Kier molecular flexibility index (Phi) is 3.65. The van der Waals surface area contributed by atoms with Gasteiger partial charge in [0.1, 0.15) is 0 Å². The molecule has 0 aromatic carbocycles. The zero-order chi connectivity index (χ0) is 4.83. The molecule has 0 bridgehead atoms. The molecule has 6 heavy (non-hydrogen) atoms. The summed E-state index contributed by atoms with van der Waals surface area (Å²) in [5, 5.41) is 0. The van der Waals surface area contributed by atoms with E-state index < -0.39 is 0 Å². The lowest BCUT2D eigenvalue weighted by molar-refractivity contribution is -0.106. The minimum atomic E-state index is 0.326. The molecule has 0 aromatic rings. The molecule has 0 atom stereocenters. The van der Waals surface area contributed by atoms with Crippen LogP contribution in [0.2, 0.25) is 0 Å². The first-order chi connectivity index (χ1) is 2.91. The number of amides is 1. The van der Waals surface area contributed by atoms with Gasteiger partial charge in [0.15, 0.2) is 6.40 Å². The average molecular weight is 82.9 g/mol. The van der Waals surface area contributed by atoms with Crippen molar-refractivity contribution in [1.82, 2.24) is 0 Å². The zero-order valence-electron chi connectivity index (χ0n) is 3.00. The van der Waals surface area contributed by atoms with Crippen molar-refractivity contribution in [1.29, 1.82) is 0 Å². The lowest BCUT2D eigenvalue weighted by Crippen LogP contribution is -1.76. The van der Waals surface area contributed by atoms with Gasteiger partial charge in [-0.3, -0.25) is 4.79 Å². The largest absolute Gasteiger partial charge is 0.560 e. The second-order valence-electron chi connectivity index (χ2n) is 0.496. The van der Waals surface area contributed by atoms with Crippen molar-refractivity contribution in [3.8, 4) is 0 Å². The fourth-order valence-corrected chi connectivity index (χ4v) is 0.0600. The topological polar surface area (TPSA) is 38.7 Å². The van der Waals surface area contributed by atoms with E-state index in [-0.39, 0.29) is 0 Å². The van der Waals surface area contributed by atoms with Gasteiger partial charge in [-0.25, -0.2) is 0 Å². The molecule has 0 N–H and O–H groups in total. The van der Waals surface area contributed by atoms with Crippen molar-refractivity contribution in [3.05, 3.63) is 0 Å². The molecular weight excluding hydrogens is 80.8 g/mol. The average Bonchev–Trinajstić information content (AvgIpc) is 1.61. The summed E-state index contributed by atoms with van der Waals surface area (Å²) in [5.41, 5.74) is 0. The summed E-state index contributed by atoms with van der Waals surface area (Å²) in [6.07, 6.45) is 1.17. The molecule has 1 amide bonds. The molecular formula is C2H2BNO2. The molecule has 0 unspecified atom stereocenters. The van der Waals surface area contributed by atoms with Gasteiger partial charge < -0.3 is 4.65 Å². The highest BCUT2D eigenvalue weighted by Crippen LogP contribution is 1.50. The van der Waals surface area contributed by atoms with Crippen LogP contribution in [-0.2, 0) is 9.45 Å². The highest BCUT2D eigenvalue weighted by atomic mass is 16.4. The van der Waals surface area contributed by atoms with E-state index in [1.165, 1.54) is 0 Å². The first-order valence-corrected chi connectivity index (χ1v) is 1.22. The van der Waals surface area contributed by atoms with E-state index >= 15 is 0 Å². The van der Waals surface area contributed by atoms with Crippen molar-refractivity contribution in [2.24, 2.45) is 4.99 Å². The number of hydrogen-bond acceptors (Lipinski definition) is 2. The summed E-state index contributed by atoms with van der Waals surface area (Å²) in [5.74, 6) is 0. The van der Waals surface area contributed by atoms with E-state index in [1.54, 1.807) is 0 Å². The van der Waals surface area contributed by atoms with E-state index in [0.29, 0.717) is 6.41 Å². The van der Waals surface area contributed by atoms with Crippen molar-refractivity contribution < 1.29 is 9.45 Å². The third kappa shape index (κ3) is 3.20. The Labute approximate surface area is 36.5 Å². The summed E-state index contributed by atoms with van der Waals surface area (Å²) >= 11 is 0. The Morgan fingerprint density at radius 2 is 2.50 bits per heavy atom. The standard InChI is InChI=1S/C2H2BNO2/c3-6-2-4-1-5/h1-2H. The normalized spacial score (nSPS) is 8.67. The van der Waals surface area contributed by atoms with Crippen LogP contribution in [-0.4, -0.2) is 20.9 Å². The van der Waals surface area contributed by atoms with Gasteiger partial charge in [0.05, 0.1) is 0 Å². The molecule has 3 nitrogen and oxygen atoms in total. The molecule has 4 heteroatoms. The number of rotatable bonds is 2. The quantitative estimate of drug-likeness (QED) is 0.191. The van der Waals surface area contributed by atoms with Gasteiger partial charge in [-0.15, -0.1) is 0 Å². The van der Waals surface area contributed by atoms with E-state index in [2.05, 4.69) is 17.7 Å². The summed E-state index contributed by atoms with van der Waals surface area (Å²) in [6.45, 7) is 0. The molecule has 0 rings (SSSR count). The van der Waals surface area contributed by atoms with Crippen LogP contribution in [0.5, 0.6) is 0 Å². The van der Waals surface area contributed by atoms with Crippen molar-refractivity contribution in [3.63, 3.8) is 0 Å². The van der Waals surface area contributed by atoms with Crippen LogP contribution < -0.4 is 0 Å². The van der Waals surface area contributed by atoms with Gasteiger partial charge in [-0.2, -0.15) is 4.99 Å². The fraction of sp³-hybridized carbons (Fsp3) is 0. The highest BCUT2D eigenvalue weighted by Gasteiger charge is 1.56. The number of aliphatic imine (C=N–C) groups is 1. The van der Waals surface area contributed by atoms with E-state index in [1.807, 2.05) is 0 Å². The van der Waals surface area contributed by atoms with Crippen molar-refractivity contribution in [2.45, 2.75) is 0 Å². The van der Waals surface area contributed by atoms with Crippen LogP contribution in [0.1, 0.15) is 0 Å². The lowest BCUT2D eigenvalue weighted by atomic mass is 10.6. The maximum absolute atomic E-state index is 9.23. The van der Waals surface area contributed by atoms with Crippen LogP contribution >= 0.6 is 0 Å².